The molecule has 0 amide bonds. The van der Waals surface area contributed by atoms with Crippen molar-refractivity contribution in [2.45, 2.75) is 6.43 Å². The molecule has 10 nitrogen and oxygen atoms in total. The Hall–Kier alpha value is -3.58. The zero-order valence-electron chi connectivity index (χ0n) is 18.1. The molecule has 34 heavy (non-hydrogen) atoms. The van der Waals surface area contributed by atoms with Crippen molar-refractivity contribution in [1.29, 1.82) is 0 Å². The van der Waals surface area contributed by atoms with Gasteiger partial charge in [-0.25, -0.2) is 42.1 Å². The minimum absolute atomic E-state index is 0.311. The summed E-state index contributed by atoms with van der Waals surface area (Å²) in [4.78, 5) is 23.6. The maximum Gasteiger partial charge on any atom is 0.281 e. The first-order valence-corrected chi connectivity index (χ1v) is 12.3. The number of nitrogens with zero attached hydrogens (tertiary/aromatic N) is 8. The van der Waals surface area contributed by atoms with E-state index >= 15 is 0 Å². The van der Waals surface area contributed by atoms with Gasteiger partial charge in [-0.05, 0) is 18.2 Å². The van der Waals surface area contributed by atoms with Crippen molar-refractivity contribution in [1.82, 2.24) is 33.6 Å². The molecule has 1 aliphatic rings. The van der Waals surface area contributed by atoms with Crippen LogP contribution < -0.4 is 4.90 Å². The van der Waals surface area contributed by atoms with Gasteiger partial charge in [-0.3, -0.25) is 4.40 Å². The van der Waals surface area contributed by atoms with Gasteiger partial charge in [-0.1, -0.05) is 6.07 Å². The molecule has 1 aliphatic heterocycles. The minimum Gasteiger partial charge on any atom is -0.354 e. The van der Waals surface area contributed by atoms with Crippen LogP contribution in [0.5, 0.6) is 0 Å². The second-order valence-electron chi connectivity index (χ2n) is 7.78. The number of aromatic nitrogens is 6. The molecule has 0 bridgehead atoms. The molecule has 0 atom stereocenters. The van der Waals surface area contributed by atoms with Gasteiger partial charge in [0.2, 0.25) is 10.0 Å². The smallest absolute Gasteiger partial charge is 0.281 e. The first kappa shape index (κ1) is 22.2. The van der Waals surface area contributed by atoms with Crippen molar-refractivity contribution in [3.05, 3.63) is 54.7 Å². The highest BCUT2D eigenvalue weighted by atomic mass is 32.2. The van der Waals surface area contributed by atoms with E-state index in [9.17, 15) is 17.2 Å². The molecule has 0 aliphatic carbocycles. The van der Waals surface area contributed by atoms with Gasteiger partial charge in [0.25, 0.3) is 6.43 Å². The van der Waals surface area contributed by atoms with E-state index in [2.05, 4.69) is 19.9 Å². The lowest BCUT2D eigenvalue weighted by molar-refractivity contribution is 0.145. The van der Waals surface area contributed by atoms with Gasteiger partial charge in [-0.15, -0.1) is 0 Å². The molecule has 0 spiro atoms. The zero-order valence-corrected chi connectivity index (χ0v) is 18.9. The van der Waals surface area contributed by atoms with Crippen molar-refractivity contribution in [2.24, 2.45) is 0 Å². The van der Waals surface area contributed by atoms with E-state index in [1.54, 1.807) is 12.3 Å². The highest BCUT2D eigenvalue weighted by Crippen LogP contribution is 2.24. The lowest BCUT2D eigenvalue weighted by atomic mass is 10.2. The summed E-state index contributed by atoms with van der Waals surface area (Å²) in [5.74, 6) is 1.03. The van der Waals surface area contributed by atoms with Crippen LogP contribution in [0.25, 0.3) is 28.6 Å². The average Bonchev–Trinajstić information content (AvgIpc) is 3.27. The SMILES string of the molecule is CS(=O)(=O)N1CCN(c2cccc(-c3ccnc(-c4cnc5cnc(C(F)F)cn45)n3)n2)CC1. The lowest BCUT2D eigenvalue weighted by Crippen LogP contribution is -2.48. The van der Waals surface area contributed by atoms with Gasteiger partial charge in [0.05, 0.1) is 30.0 Å². The van der Waals surface area contributed by atoms with Gasteiger partial charge in [-0.2, -0.15) is 4.31 Å². The minimum atomic E-state index is -3.22. The number of alkyl halides is 2. The third kappa shape index (κ3) is 4.31. The lowest BCUT2D eigenvalue weighted by Gasteiger charge is -2.34. The number of imidazole rings is 1. The van der Waals surface area contributed by atoms with Crippen LogP contribution in [0.2, 0.25) is 0 Å². The fourth-order valence-corrected chi connectivity index (χ4v) is 4.62. The fourth-order valence-electron chi connectivity index (χ4n) is 3.80. The largest absolute Gasteiger partial charge is 0.354 e. The van der Waals surface area contributed by atoms with E-state index < -0.39 is 16.4 Å². The number of sulfonamides is 1. The van der Waals surface area contributed by atoms with Crippen molar-refractivity contribution in [3.8, 4) is 22.9 Å². The second kappa shape index (κ2) is 8.65. The highest BCUT2D eigenvalue weighted by Gasteiger charge is 2.24. The Morgan fingerprint density at radius 3 is 2.44 bits per heavy atom. The van der Waals surface area contributed by atoms with Crippen molar-refractivity contribution in [2.75, 3.05) is 37.3 Å². The third-order valence-corrected chi connectivity index (χ3v) is 6.86. The summed E-state index contributed by atoms with van der Waals surface area (Å²) >= 11 is 0. The summed E-state index contributed by atoms with van der Waals surface area (Å²) in [6.07, 6.45) is 4.10. The van der Waals surface area contributed by atoms with Gasteiger partial charge >= 0.3 is 0 Å². The zero-order chi connectivity index (χ0) is 23.9. The Balaban J connectivity index is 1.44. The van der Waals surface area contributed by atoms with Gasteiger partial charge in [0, 0.05) is 38.6 Å². The summed E-state index contributed by atoms with van der Waals surface area (Å²) in [5, 5.41) is 0. The van der Waals surface area contributed by atoms with Crippen LogP contribution in [0.3, 0.4) is 0 Å². The number of rotatable bonds is 5. The van der Waals surface area contributed by atoms with E-state index in [0.717, 1.165) is 0 Å². The summed E-state index contributed by atoms with van der Waals surface area (Å²) in [7, 11) is -3.22. The molecule has 13 heteroatoms. The van der Waals surface area contributed by atoms with Gasteiger partial charge < -0.3 is 4.90 Å². The van der Waals surface area contributed by atoms with Crippen LogP contribution in [0.4, 0.5) is 14.6 Å². The summed E-state index contributed by atoms with van der Waals surface area (Å²) < 4.78 is 52.7. The van der Waals surface area contributed by atoms with Crippen LogP contribution in [0.15, 0.2) is 49.1 Å². The molecule has 0 N–H and O–H groups in total. The molecule has 5 heterocycles. The van der Waals surface area contributed by atoms with Crippen molar-refractivity contribution >= 4 is 21.5 Å². The number of hydrogen-bond acceptors (Lipinski definition) is 8. The summed E-state index contributed by atoms with van der Waals surface area (Å²) in [6, 6.07) is 7.25. The molecule has 4 aromatic heterocycles. The summed E-state index contributed by atoms with van der Waals surface area (Å²) in [5.41, 5.74) is 1.65. The maximum atomic E-state index is 13.1. The Bertz CT molecular complexity index is 1450. The van der Waals surface area contributed by atoms with Crippen LogP contribution >= 0.6 is 0 Å². The van der Waals surface area contributed by atoms with E-state index in [-0.39, 0.29) is 5.69 Å². The van der Waals surface area contributed by atoms with Crippen LogP contribution in [0.1, 0.15) is 12.1 Å². The van der Waals surface area contributed by atoms with Gasteiger partial charge in [0.15, 0.2) is 11.5 Å². The molecule has 0 saturated carbocycles. The average molecular weight is 487 g/mol. The fraction of sp³-hybridized carbons (Fsp3) is 0.286. The molecule has 1 fully saturated rings. The number of halogens is 2. The monoisotopic (exact) mass is 486 g/mol. The maximum absolute atomic E-state index is 13.1. The van der Waals surface area contributed by atoms with Crippen LogP contribution in [-0.2, 0) is 10.0 Å². The van der Waals surface area contributed by atoms with E-state index in [1.807, 2.05) is 23.1 Å². The van der Waals surface area contributed by atoms with Crippen molar-refractivity contribution in [3.63, 3.8) is 0 Å². The molecule has 4 aromatic rings. The summed E-state index contributed by atoms with van der Waals surface area (Å²) in [6.45, 7) is 1.85. The Morgan fingerprint density at radius 2 is 1.71 bits per heavy atom. The third-order valence-electron chi connectivity index (χ3n) is 5.55. The highest BCUT2D eigenvalue weighted by molar-refractivity contribution is 7.88. The Morgan fingerprint density at radius 1 is 0.941 bits per heavy atom. The molecular weight excluding hydrogens is 466 g/mol. The van der Waals surface area contributed by atoms with E-state index in [4.69, 9.17) is 4.98 Å². The molecule has 176 valence electrons. The molecule has 1 saturated heterocycles. The normalized spacial score (nSPS) is 15.4. The van der Waals surface area contributed by atoms with E-state index in [0.29, 0.717) is 60.6 Å². The molecule has 0 aromatic carbocycles. The quantitative estimate of drug-likeness (QED) is 0.423. The van der Waals surface area contributed by atoms with Crippen LogP contribution in [0, 0.1) is 0 Å². The predicted octanol–water partition coefficient (Wildman–Crippen LogP) is 2.27. The molecular formula is C21H20F2N8O2S. The van der Waals surface area contributed by atoms with Crippen molar-refractivity contribution < 1.29 is 17.2 Å². The number of hydrogen-bond donors (Lipinski definition) is 0. The molecule has 5 rings (SSSR count). The topological polar surface area (TPSA) is 109 Å². The van der Waals surface area contributed by atoms with Gasteiger partial charge in [0.1, 0.15) is 17.2 Å². The first-order valence-electron chi connectivity index (χ1n) is 10.4. The Kier molecular flexibility index (Phi) is 5.65. The Labute approximate surface area is 194 Å². The number of anilines is 1. The number of piperazine rings is 1. The number of fused-ring (bicyclic) bond motifs is 1. The second-order valence-corrected chi connectivity index (χ2v) is 9.76. The standard InChI is InChI=1S/C21H20F2N8O2S/c1-34(32,33)30-9-7-29(8-10-30)18-4-2-3-14(27-18)15-5-6-24-21(28-15)17-11-26-19-12-25-16(20(22)23)13-31(17)19/h2-6,11-13,20H,7-10H2,1H3. The molecule has 0 radical (unpaired) electrons. The van der Waals surface area contributed by atoms with E-state index in [1.165, 1.54) is 33.6 Å². The molecule has 0 unspecified atom stereocenters. The number of pyridine rings is 1. The first-order chi connectivity index (χ1) is 16.3. The predicted molar refractivity (Wildman–Crippen MR) is 121 cm³/mol. The van der Waals surface area contributed by atoms with Crippen LogP contribution in [-0.4, -0.2) is 74.5 Å².